The van der Waals surface area contributed by atoms with E-state index in [-0.39, 0.29) is 10.5 Å². The van der Waals surface area contributed by atoms with Gasteiger partial charge in [-0.1, -0.05) is 18.2 Å². The van der Waals surface area contributed by atoms with E-state index in [9.17, 15) is 13.2 Å². The van der Waals surface area contributed by atoms with Crippen LogP contribution in [0.1, 0.15) is 20.9 Å². The van der Waals surface area contributed by atoms with Crippen LogP contribution >= 0.6 is 11.3 Å². The summed E-state index contributed by atoms with van der Waals surface area (Å²) in [4.78, 5) is 15.4. The van der Waals surface area contributed by atoms with Crippen molar-refractivity contribution in [2.75, 3.05) is 4.72 Å². The Morgan fingerprint density at radius 3 is 2.38 bits per heavy atom. The van der Waals surface area contributed by atoms with Gasteiger partial charge in [0.15, 0.2) is 0 Å². The molecule has 0 radical (unpaired) electrons. The summed E-state index contributed by atoms with van der Waals surface area (Å²) in [5, 5.41) is 12.0. The molecule has 8 heteroatoms. The molecule has 0 atom stereocenters. The minimum atomic E-state index is -3.90. The zero-order valence-electron chi connectivity index (χ0n) is 14.1. The number of sulfonamides is 1. The molecule has 0 bridgehead atoms. The maximum absolute atomic E-state index is 12.6. The number of thiazole rings is 1. The standard InChI is InChI=1S/C18H16N2O4S2/c1-11-3-4-14(18(21)22)9-17(11)26(23,24)20-15-7-5-13(6-8-15)16-10-25-12(2)19-16/h3-10,20H,1-2H3,(H,21,22). The van der Waals surface area contributed by atoms with Crippen LogP contribution < -0.4 is 4.72 Å². The van der Waals surface area contributed by atoms with Gasteiger partial charge in [-0.15, -0.1) is 11.3 Å². The molecular formula is C18H16N2O4S2. The van der Waals surface area contributed by atoms with Crippen molar-refractivity contribution in [3.63, 3.8) is 0 Å². The Labute approximate surface area is 155 Å². The molecule has 3 rings (SSSR count). The minimum Gasteiger partial charge on any atom is -0.478 e. The Kier molecular flexibility index (Phi) is 4.80. The van der Waals surface area contributed by atoms with Gasteiger partial charge in [0.2, 0.25) is 0 Å². The lowest BCUT2D eigenvalue weighted by atomic mass is 10.1. The van der Waals surface area contributed by atoms with Crippen LogP contribution in [0.5, 0.6) is 0 Å². The third kappa shape index (κ3) is 3.76. The molecule has 134 valence electrons. The molecule has 0 amide bonds. The van der Waals surface area contributed by atoms with Crippen molar-refractivity contribution in [3.05, 3.63) is 64.0 Å². The van der Waals surface area contributed by atoms with E-state index in [4.69, 9.17) is 5.11 Å². The van der Waals surface area contributed by atoms with Crippen LogP contribution in [-0.2, 0) is 10.0 Å². The highest BCUT2D eigenvalue weighted by molar-refractivity contribution is 7.92. The van der Waals surface area contributed by atoms with Gasteiger partial charge < -0.3 is 5.11 Å². The number of carboxylic acids is 1. The van der Waals surface area contributed by atoms with Crippen molar-refractivity contribution >= 4 is 33.0 Å². The van der Waals surface area contributed by atoms with Crippen LogP contribution in [0, 0.1) is 13.8 Å². The van der Waals surface area contributed by atoms with Crippen LogP contribution in [0.15, 0.2) is 52.7 Å². The van der Waals surface area contributed by atoms with Crippen molar-refractivity contribution in [2.24, 2.45) is 0 Å². The number of aromatic carboxylic acids is 1. The summed E-state index contributed by atoms with van der Waals surface area (Å²) >= 11 is 1.55. The predicted molar refractivity (Wildman–Crippen MR) is 101 cm³/mol. The molecule has 0 aliphatic carbocycles. The molecule has 0 spiro atoms. The molecule has 0 unspecified atom stereocenters. The molecule has 1 heterocycles. The zero-order valence-corrected chi connectivity index (χ0v) is 15.7. The zero-order chi connectivity index (χ0) is 18.9. The maximum Gasteiger partial charge on any atom is 0.335 e. The Balaban J connectivity index is 1.88. The van der Waals surface area contributed by atoms with Gasteiger partial charge in [0.25, 0.3) is 10.0 Å². The van der Waals surface area contributed by atoms with Gasteiger partial charge in [-0.05, 0) is 43.7 Å². The number of aromatic nitrogens is 1. The Bertz CT molecular complexity index is 1070. The summed E-state index contributed by atoms with van der Waals surface area (Å²) in [6.07, 6.45) is 0. The summed E-state index contributed by atoms with van der Waals surface area (Å²) in [5.74, 6) is -1.18. The van der Waals surface area contributed by atoms with E-state index in [0.717, 1.165) is 22.3 Å². The van der Waals surface area contributed by atoms with E-state index >= 15 is 0 Å². The van der Waals surface area contributed by atoms with Crippen LogP contribution in [0.25, 0.3) is 11.3 Å². The van der Waals surface area contributed by atoms with E-state index in [0.29, 0.717) is 11.3 Å². The predicted octanol–water partition coefficient (Wildman–Crippen LogP) is 3.93. The first-order valence-corrected chi connectivity index (χ1v) is 10.0. The largest absolute Gasteiger partial charge is 0.478 e. The highest BCUT2D eigenvalue weighted by Crippen LogP contribution is 2.25. The highest BCUT2D eigenvalue weighted by Gasteiger charge is 2.19. The third-order valence-electron chi connectivity index (χ3n) is 3.78. The van der Waals surface area contributed by atoms with Gasteiger partial charge in [-0.3, -0.25) is 4.72 Å². The van der Waals surface area contributed by atoms with Gasteiger partial charge in [0, 0.05) is 16.6 Å². The second-order valence-corrected chi connectivity index (χ2v) is 8.43. The van der Waals surface area contributed by atoms with E-state index in [1.54, 1.807) is 42.5 Å². The quantitative estimate of drug-likeness (QED) is 0.690. The number of benzene rings is 2. The first-order chi connectivity index (χ1) is 12.3. The average Bonchev–Trinajstić information content (AvgIpc) is 3.01. The van der Waals surface area contributed by atoms with Crippen molar-refractivity contribution in [2.45, 2.75) is 18.7 Å². The molecular weight excluding hydrogens is 372 g/mol. The molecule has 2 N–H and O–H groups in total. The highest BCUT2D eigenvalue weighted by atomic mass is 32.2. The molecule has 3 aromatic rings. The lowest BCUT2D eigenvalue weighted by molar-refractivity contribution is 0.0696. The van der Waals surface area contributed by atoms with Gasteiger partial charge in [-0.25, -0.2) is 18.2 Å². The van der Waals surface area contributed by atoms with Crippen LogP contribution in [-0.4, -0.2) is 24.5 Å². The fraction of sp³-hybridized carbons (Fsp3) is 0.111. The monoisotopic (exact) mass is 388 g/mol. The lowest BCUT2D eigenvalue weighted by Gasteiger charge is -2.11. The second-order valence-electron chi connectivity index (χ2n) is 5.72. The first-order valence-electron chi connectivity index (χ1n) is 7.65. The van der Waals surface area contributed by atoms with Crippen molar-refractivity contribution in [1.29, 1.82) is 0 Å². The molecule has 0 aliphatic heterocycles. The molecule has 26 heavy (non-hydrogen) atoms. The van der Waals surface area contributed by atoms with Crippen molar-refractivity contribution in [3.8, 4) is 11.3 Å². The minimum absolute atomic E-state index is 0.0587. The number of hydrogen-bond acceptors (Lipinski definition) is 5. The number of carboxylic acid groups (broad SMARTS) is 1. The number of nitrogens with one attached hydrogen (secondary N) is 1. The molecule has 2 aromatic carbocycles. The number of anilines is 1. The molecule has 0 saturated heterocycles. The number of hydrogen-bond donors (Lipinski definition) is 2. The van der Waals surface area contributed by atoms with Crippen molar-refractivity contribution in [1.82, 2.24) is 4.98 Å². The molecule has 1 aromatic heterocycles. The lowest BCUT2D eigenvalue weighted by Crippen LogP contribution is -2.15. The molecule has 0 fully saturated rings. The first kappa shape index (κ1) is 18.1. The summed E-state index contributed by atoms with van der Waals surface area (Å²) in [7, 11) is -3.90. The topological polar surface area (TPSA) is 96.4 Å². The average molecular weight is 388 g/mol. The Hall–Kier alpha value is -2.71. The van der Waals surface area contributed by atoms with Crippen LogP contribution in [0.3, 0.4) is 0 Å². The van der Waals surface area contributed by atoms with E-state index in [1.165, 1.54) is 12.1 Å². The summed E-state index contributed by atoms with van der Waals surface area (Å²) in [6.45, 7) is 3.54. The van der Waals surface area contributed by atoms with Gasteiger partial charge in [-0.2, -0.15) is 0 Å². The van der Waals surface area contributed by atoms with Crippen molar-refractivity contribution < 1.29 is 18.3 Å². The SMILES string of the molecule is Cc1nc(-c2ccc(NS(=O)(=O)c3cc(C(=O)O)ccc3C)cc2)cs1. The molecule has 6 nitrogen and oxygen atoms in total. The number of carbonyl (C=O) groups is 1. The van der Waals surface area contributed by atoms with Gasteiger partial charge in [0.1, 0.15) is 0 Å². The Morgan fingerprint density at radius 2 is 1.81 bits per heavy atom. The number of aryl methyl sites for hydroxylation is 2. The van der Waals surface area contributed by atoms with E-state index in [2.05, 4.69) is 9.71 Å². The smallest absolute Gasteiger partial charge is 0.335 e. The number of nitrogens with zero attached hydrogens (tertiary/aromatic N) is 1. The normalized spacial score (nSPS) is 11.3. The number of rotatable bonds is 5. The summed E-state index contributed by atoms with van der Waals surface area (Å²) in [6, 6.07) is 10.9. The molecule has 0 aliphatic rings. The summed E-state index contributed by atoms with van der Waals surface area (Å²) < 4.78 is 27.8. The molecule has 0 saturated carbocycles. The van der Waals surface area contributed by atoms with Crippen LogP contribution in [0.4, 0.5) is 5.69 Å². The van der Waals surface area contributed by atoms with Gasteiger partial charge in [0.05, 0.1) is 21.2 Å². The Morgan fingerprint density at radius 1 is 1.12 bits per heavy atom. The van der Waals surface area contributed by atoms with E-state index in [1.807, 2.05) is 12.3 Å². The summed E-state index contributed by atoms with van der Waals surface area (Å²) in [5.41, 5.74) is 2.51. The van der Waals surface area contributed by atoms with Crippen LogP contribution in [0.2, 0.25) is 0 Å². The fourth-order valence-electron chi connectivity index (χ4n) is 2.44. The van der Waals surface area contributed by atoms with E-state index < -0.39 is 16.0 Å². The third-order valence-corrected chi connectivity index (χ3v) is 6.07. The maximum atomic E-state index is 12.6. The second kappa shape index (κ2) is 6.89. The van der Waals surface area contributed by atoms with Gasteiger partial charge >= 0.3 is 5.97 Å². The fourth-order valence-corrected chi connectivity index (χ4v) is 4.39.